The maximum atomic E-state index is 13.3. The minimum atomic E-state index is -1.21. The average Bonchev–Trinajstić information content (AvgIpc) is 2.43. The average molecular weight is 277 g/mol. The number of halogens is 1. The van der Waals surface area contributed by atoms with Crippen molar-refractivity contribution in [2.45, 2.75) is 6.54 Å². The summed E-state index contributed by atoms with van der Waals surface area (Å²) in [5.41, 5.74) is 0.0922. The zero-order chi connectivity index (χ0) is 15.0. The largest absolute Gasteiger partial charge is 0.480 e. The fourth-order valence-electron chi connectivity index (χ4n) is 1.30. The first-order valence-corrected chi connectivity index (χ1v) is 5.61. The van der Waals surface area contributed by atoms with Gasteiger partial charge in [0, 0.05) is 18.3 Å². The first-order valence-electron chi connectivity index (χ1n) is 5.61. The summed E-state index contributed by atoms with van der Waals surface area (Å²) in [6, 6.07) is 7.70. The number of amides is 1. The van der Waals surface area contributed by atoms with Gasteiger partial charge < -0.3 is 15.7 Å². The number of carboxylic acids is 1. The molecule has 0 fully saturated rings. The first kappa shape index (κ1) is 15.2. The standard InChI is InChI=1S/C13H12FN3O3/c14-11-4-2-1-3-9(11)6-16-7-10(5-15)13(20)17-8-12(18)19/h1-4,7,16H,6,8H2,(H,17,20)(H,18,19)/b10-7-. The molecule has 0 saturated heterocycles. The Balaban J connectivity index is 2.58. The van der Waals surface area contributed by atoms with E-state index < -0.39 is 24.2 Å². The molecule has 6 nitrogen and oxygen atoms in total. The van der Waals surface area contributed by atoms with E-state index in [1.54, 1.807) is 24.3 Å². The molecule has 104 valence electrons. The number of benzene rings is 1. The summed E-state index contributed by atoms with van der Waals surface area (Å²) in [5, 5.41) is 21.8. The lowest BCUT2D eigenvalue weighted by Crippen LogP contribution is -2.30. The van der Waals surface area contributed by atoms with Gasteiger partial charge in [-0.25, -0.2) is 4.39 Å². The molecule has 0 aliphatic heterocycles. The molecule has 0 bridgehead atoms. The van der Waals surface area contributed by atoms with Gasteiger partial charge in [-0.2, -0.15) is 5.26 Å². The number of nitriles is 1. The van der Waals surface area contributed by atoms with E-state index in [-0.39, 0.29) is 12.1 Å². The molecule has 0 aliphatic carbocycles. The van der Waals surface area contributed by atoms with Gasteiger partial charge in [0.1, 0.15) is 24.0 Å². The molecular weight excluding hydrogens is 265 g/mol. The number of carbonyl (C=O) groups excluding carboxylic acids is 1. The zero-order valence-corrected chi connectivity index (χ0v) is 10.4. The summed E-state index contributed by atoms with van der Waals surface area (Å²) in [4.78, 5) is 21.7. The number of hydrogen-bond donors (Lipinski definition) is 3. The normalized spacial score (nSPS) is 10.5. The number of hydrogen-bond acceptors (Lipinski definition) is 4. The summed E-state index contributed by atoms with van der Waals surface area (Å²) >= 11 is 0. The molecule has 1 aromatic rings. The van der Waals surface area contributed by atoms with Crippen LogP contribution in [0.25, 0.3) is 0 Å². The Bertz CT molecular complexity index is 578. The van der Waals surface area contributed by atoms with E-state index in [1.807, 2.05) is 5.32 Å². The van der Waals surface area contributed by atoms with Crippen molar-refractivity contribution in [1.82, 2.24) is 10.6 Å². The number of aliphatic carboxylic acids is 1. The lowest BCUT2D eigenvalue weighted by atomic mass is 10.2. The second-order valence-corrected chi connectivity index (χ2v) is 3.72. The maximum absolute atomic E-state index is 13.3. The third kappa shape index (κ3) is 4.78. The van der Waals surface area contributed by atoms with Crippen molar-refractivity contribution in [3.63, 3.8) is 0 Å². The van der Waals surface area contributed by atoms with Crippen molar-refractivity contribution in [3.8, 4) is 6.07 Å². The van der Waals surface area contributed by atoms with Gasteiger partial charge in [-0.15, -0.1) is 0 Å². The van der Waals surface area contributed by atoms with Crippen LogP contribution < -0.4 is 10.6 Å². The van der Waals surface area contributed by atoms with Crippen LogP contribution in [0.1, 0.15) is 5.56 Å². The second-order valence-electron chi connectivity index (χ2n) is 3.72. The summed E-state index contributed by atoms with van der Waals surface area (Å²) in [6.45, 7) is -0.477. The lowest BCUT2D eigenvalue weighted by Gasteiger charge is -2.04. The van der Waals surface area contributed by atoms with E-state index in [9.17, 15) is 14.0 Å². The molecule has 0 aromatic heterocycles. The van der Waals surface area contributed by atoms with Crippen molar-refractivity contribution in [1.29, 1.82) is 5.26 Å². The Morgan fingerprint density at radius 3 is 2.70 bits per heavy atom. The molecule has 3 N–H and O–H groups in total. The Morgan fingerprint density at radius 1 is 1.40 bits per heavy atom. The highest BCUT2D eigenvalue weighted by molar-refractivity contribution is 5.98. The summed E-state index contributed by atoms with van der Waals surface area (Å²) in [7, 11) is 0. The summed E-state index contributed by atoms with van der Waals surface area (Å²) in [5.74, 6) is -2.42. The van der Waals surface area contributed by atoms with Crippen molar-refractivity contribution < 1.29 is 19.1 Å². The van der Waals surface area contributed by atoms with Crippen LogP contribution in [-0.4, -0.2) is 23.5 Å². The Kier molecular flexibility index (Phi) is 5.72. The van der Waals surface area contributed by atoms with Crippen LogP contribution in [-0.2, 0) is 16.1 Å². The van der Waals surface area contributed by atoms with E-state index in [0.717, 1.165) is 6.20 Å². The lowest BCUT2D eigenvalue weighted by molar-refractivity contribution is -0.137. The van der Waals surface area contributed by atoms with E-state index in [2.05, 4.69) is 5.32 Å². The first-order chi connectivity index (χ1) is 9.54. The fourth-order valence-corrected chi connectivity index (χ4v) is 1.30. The molecule has 0 spiro atoms. The smallest absolute Gasteiger partial charge is 0.322 e. The van der Waals surface area contributed by atoms with E-state index in [1.165, 1.54) is 6.07 Å². The zero-order valence-electron chi connectivity index (χ0n) is 10.4. The molecule has 20 heavy (non-hydrogen) atoms. The van der Waals surface area contributed by atoms with Crippen molar-refractivity contribution >= 4 is 11.9 Å². The SMILES string of the molecule is N#C/C(=C/NCc1ccccc1F)C(=O)NCC(=O)O. The predicted molar refractivity (Wildman–Crippen MR) is 67.6 cm³/mol. The molecular formula is C13H12FN3O3. The Morgan fingerprint density at radius 2 is 2.10 bits per heavy atom. The number of nitrogens with zero attached hydrogens (tertiary/aromatic N) is 1. The van der Waals surface area contributed by atoms with Crippen LogP contribution >= 0.6 is 0 Å². The summed E-state index contributed by atoms with van der Waals surface area (Å²) in [6.07, 6.45) is 1.11. The van der Waals surface area contributed by atoms with E-state index >= 15 is 0 Å². The second kappa shape index (κ2) is 7.53. The van der Waals surface area contributed by atoms with Gasteiger partial charge in [0.25, 0.3) is 5.91 Å². The van der Waals surface area contributed by atoms with Crippen molar-refractivity contribution in [2.75, 3.05) is 6.54 Å². The predicted octanol–water partition coefficient (Wildman–Crippen LogP) is 0.524. The third-order valence-electron chi connectivity index (χ3n) is 2.26. The van der Waals surface area contributed by atoms with Gasteiger partial charge >= 0.3 is 5.97 Å². The molecule has 0 radical (unpaired) electrons. The van der Waals surface area contributed by atoms with E-state index in [0.29, 0.717) is 5.56 Å². The monoisotopic (exact) mass is 277 g/mol. The van der Waals surface area contributed by atoms with Gasteiger partial charge in [-0.3, -0.25) is 9.59 Å². The minimum Gasteiger partial charge on any atom is -0.480 e. The van der Waals surface area contributed by atoms with Crippen LogP contribution in [0.3, 0.4) is 0 Å². The van der Waals surface area contributed by atoms with Crippen molar-refractivity contribution in [3.05, 3.63) is 47.4 Å². The Hall–Kier alpha value is -2.88. The number of nitrogens with one attached hydrogen (secondary N) is 2. The van der Waals surface area contributed by atoms with Gasteiger partial charge in [0.2, 0.25) is 0 Å². The van der Waals surface area contributed by atoms with Gasteiger partial charge in [0.05, 0.1) is 0 Å². The van der Waals surface area contributed by atoms with Crippen LogP contribution in [0.15, 0.2) is 36.0 Å². The molecule has 0 aliphatic rings. The summed E-state index contributed by atoms with van der Waals surface area (Å²) < 4.78 is 13.3. The molecule has 7 heteroatoms. The van der Waals surface area contributed by atoms with Crippen molar-refractivity contribution in [2.24, 2.45) is 0 Å². The highest BCUT2D eigenvalue weighted by atomic mass is 19.1. The molecule has 1 rings (SSSR count). The molecule has 0 unspecified atom stereocenters. The molecule has 0 saturated carbocycles. The number of carbonyl (C=O) groups is 2. The van der Waals surface area contributed by atoms with Crippen LogP contribution in [0.5, 0.6) is 0 Å². The molecule has 1 aromatic carbocycles. The van der Waals surface area contributed by atoms with E-state index in [4.69, 9.17) is 10.4 Å². The number of rotatable bonds is 6. The number of carboxylic acid groups (broad SMARTS) is 1. The van der Waals surface area contributed by atoms with Crippen LogP contribution in [0, 0.1) is 17.1 Å². The van der Waals surface area contributed by atoms with Gasteiger partial charge in [-0.05, 0) is 6.07 Å². The fraction of sp³-hybridized carbons (Fsp3) is 0.154. The molecule has 1 amide bonds. The molecule has 0 atom stereocenters. The molecule has 0 heterocycles. The van der Waals surface area contributed by atoms with Crippen LogP contribution in [0.4, 0.5) is 4.39 Å². The Labute approximate surface area is 114 Å². The van der Waals surface area contributed by atoms with Gasteiger partial charge in [0.15, 0.2) is 0 Å². The topological polar surface area (TPSA) is 102 Å². The highest BCUT2D eigenvalue weighted by Gasteiger charge is 2.09. The highest BCUT2D eigenvalue weighted by Crippen LogP contribution is 2.05. The van der Waals surface area contributed by atoms with Gasteiger partial charge in [-0.1, -0.05) is 18.2 Å². The minimum absolute atomic E-state index is 0.101. The maximum Gasteiger partial charge on any atom is 0.322 e. The third-order valence-corrected chi connectivity index (χ3v) is 2.26. The van der Waals surface area contributed by atoms with Crippen LogP contribution in [0.2, 0.25) is 0 Å². The quantitative estimate of drug-likeness (QED) is 0.520.